The molecule has 0 spiro atoms. The zero-order chi connectivity index (χ0) is 29.8. The molecule has 2 aromatic carbocycles. The second kappa shape index (κ2) is 11.1. The molecular weight excluding hydrogens is 538 g/mol. The molecule has 0 saturated carbocycles. The van der Waals surface area contributed by atoms with Crippen molar-refractivity contribution in [1.82, 2.24) is 34.9 Å². The lowest BCUT2D eigenvalue weighted by atomic mass is 9.82. The molecule has 2 aliphatic heterocycles. The van der Waals surface area contributed by atoms with Gasteiger partial charge in [-0.15, -0.1) is 0 Å². The van der Waals surface area contributed by atoms with Crippen LogP contribution in [0.3, 0.4) is 0 Å². The summed E-state index contributed by atoms with van der Waals surface area (Å²) >= 11 is 0. The minimum absolute atomic E-state index is 0.0181. The summed E-state index contributed by atoms with van der Waals surface area (Å²) in [4.78, 5) is 24.3. The molecule has 1 saturated heterocycles. The van der Waals surface area contributed by atoms with E-state index in [0.29, 0.717) is 6.54 Å². The number of hydrogen-bond donors (Lipinski definition) is 2. The Labute approximate surface area is 253 Å². The van der Waals surface area contributed by atoms with Gasteiger partial charge in [0.1, 0.15) is 0 Å². The number of carbonyl (C=O) groups excluding carboxylic acids is 1. The van der Waals surface area contributed by atoms with E-state index in [2.05, 4.69) is 63.1 Å². The van der Waals surface area contributed by atoms with E-state index in [9.17, 15) is 4.79 Å². The average molecular weight is 582 g/mol. The van der Waals surface area contributed by atoms with Gasteiger partial charge >= 0.3 is 0 Å². The Morgan fingerprint density at radius 2 is 1.88 bits per heavy atom. The highest BCUT2D eigenvalue weighted by Crippen LogP contribution is 2.47. The number of aryl methyl sites for hydroxylation is 4. The van der Waals surface area contributed by atoms with Crippen LogP contribution >= 0.6 is 0 Å². The number of nitrogens with one attached hydrogen (secondary N) is 2. The maximum absolute atomic E-state index is 13.5. The lowest BCUT2D eigenvalue weighted by Crippen LogP contribution is -2.46. The molecule has 1 amide bonds. The fourth-order valence-corrected chi connectivity index (χ4v) is 7.36. The Morgan fingerprint density at radius 1 is 1.09 bits per heavy atom. The summed E-state index contributed by atoms with van der Waals surface area (Å²) in [5.74, 6) is 0.0181. The zero-order valence-corrected chi connectivity index (χ0v) is 25.9. The van der Waals surface area contributed by atoms with E-state index in [1.807, 2.05) is 25.6 Å². The summed E-state index contributed by atoms with van der Waals surface area (Å²) in [6.07, 6.45) is 4.95. The van der Waals surface area contributed by atoms with E-state index in [4.69, 9.17) is 9.94 Å². The van der Waals surface area contributed by atoms with Crippen molar-refractivity contribution in [1.29, 1.82) is 0 Å². The first-order valence-corrected chi connectivity index (χ1v) is 15.8. The Morgan fingerprint density at radius 3 is 2.65 bits per heavy atom. The lowest BCUT2D eigenvalue weighted by molar-refractivity contribution is 0.0276. The number of benzene rings is 2. The predicted molar refractivity (Wildman–Crippen MR) is 172 cm³/mol. The number of fused-ring (bicyclic) bond motifs is 10. The second-order valence-electron chi connectivity index (χ2n) is 12.5. The van der Waals surface area contributed by atoms with Crippen molar-refractivity contribution in [2.24, 2.45) is 7.05 Å². The van der Waals surface area contributed by atoms with Crippen molar-refractivity contribution in [2.75, 3.05) is 39.3 Å². The van der Waals surface area contributed by atoms with Crippen LogP contribution in [-0.4, -0.2) is 75.4 Å². The Balaban J connectivity index is 1.37. The van der Waals surface area contributed by atoms with Gasteiger partial charge in [-0.25, -0.2) is 0 Å². The highest BCUT2D eigenvalue weighted by atomic mass is 16.7. The third-order valence-corrected chi connectivity index (χ3v) is 9.48. The van der Waals surface area contributed by atoms with Crippen LogP contribution in [0.4, 0.5) is 0 Å². The van der Waals surface area contributed by atoms with Crippen molar-refractivity contribution in [3.63, 3.8) is 0 Å². The number of likely N-dealkylation sites (N-methyl/N-ethyl adjacent to an activating group) is 1. The van der Waals surface area contributed by atoms with Gasteiger partial charge in [-0.1, -0.05) is 19.6 Å². The van der Waals surface area contributed by atoms with Crippen molar-refractivity contribution in [3.8, 4) is 11.1 Å². The number of rotatable bonds is 9. The molecule has 0 unspecified atom stereocenters. The molecule has 1 fully saturated rings. The first-order chi connectivity index (χ1) is 20.8. The summed E-state index contributed by atoms with van der Waals surface area (Å²) in [7, 11) is 1.97. The summed E-state index contributed by atoms with van der Waals surface area (Å²) in [5, 5.41) is 10.3. The van der Waals surface area contributed by atoms with Gasteiger partial charge in [0.15, 0.2) is 0 Å². The van der Waals surface area contributed by atoms with Gasteiger partial charge in [0.2, 0.25) is 0 Å². The van der Waals surface area contributed by atoms with Gasteiger partial charge in [0, 0.05) is 85.5 Å². The first-order valence-electron chi connectivity index (χ1n) is 15.8. The molecule has 3 aliphatic rings. The lowest BCUT2D eigenvalue weighted by Gasteiger charge is -2.34. The van der Waals surface area contributed by atoms with Gasteiger partial charge < -0.3 is 19.7 Å². The van der Waals surface area contributed by atoms with Crippen LogP contribution in [0, 0.1) is 0 Å². The van der Waals surface area contributed by atoms with Crippen LogP contribution in [0.25, 0.3) is 38.6 Å². The molecule has 1 aliphatic carbocycles. The number of amides is 1. The van der Waals surface area contributed by atoms with Gasteiger partial charge in [0.05, 0.1) is 28.6 Å². The van der Waals surface area contributed by atoms with Crippen molar-refractivity contribution in [3.05, 3.63) is 58.9 Å². The molecular formula is C34H43N7O2. The van der Waals surface area contributed by atoms with E-state index in [1.165, 1.54) is 27.4 Å². The molecule has 4 heterocycles. The van der Waals surface area contributed by atoms with Crippen LogP contribution in [0.2, 0.25) is 0 Å². The molecule has 226 valence electrons. The third-order valence-electron chi connectivity index (χ3n) is 9.48. The number of aromatic nitrogens is 3. The zero-order valence-electron chi connectivity index (χ0n) is 25.9. The Kier molecular flexibility index (Phi) is 7.27. The maximum atomic E-state index is 13.5. The predicted octanol–water partition coefficient (Wildman–Crippen LogP) is 4.46. The fraction of sp³-hybridized carbons (Fsp3) is 0.471. The van der Waals surface area contributed by atoms with Crippen LogP contribution in [0.15, 0.2) is 31.0 Å². The molecule has 9 nitrogen and oxygen atoms in total. The normalized spacial score (nSPS) is 17.0. The average Bonchev–Trinajstić information content (AvgIpc) is 3.68. The Bertz CT molecular complexity index is 1740. The largest absolute Gasteiger partial charge is 0.348 e. The van der Waals surface area contributed by atoms with Gasteiger partial charge in [0.25, 0.3) is 5.91 Å². The highest BCUT2D eigenvalue weighted by Gasteiger charge is 2.35. The summed E-state index contributed by atoms with van der Waals surface area (Å²) in [6.45, 7) is 18.8. The minimum atomic E-state index is 0.0181. The van der Waals surface area contributed by atoms with Crippen molar-refractivity contribution >= 4 is 33.4 Å². The van der Waals surface area contributed by atoms with Crippen LogP contribution in [0.1, 0.15) is 59.9 Å². The van der Waals surface area contributed by atoms with Gasteiger partial charge in [-0.2, -0.15) is 5.10 Å². The van der Waals surface area contributed by atoms with E-state index in [1.54, 1.807) is 0 Å². The molecule has 0 atom stereocenters. The third kappa shape index (κ3) is 4.83. The minimum Gasteiger partial charge on any atom is -0.348 e. The standard InChI is InChI=1S/C34H43N7O2/c1-6-39-14-16-40(17-15-39)12-7-13-41-29-11-8-23(22(4)37-43-21(2)3)18-25(29)31-26-19-35-34(42)32(26)30-24(33(31)41)9-10-28-27(30)20-38(5)36-28/h8,11,18,20-21,37H,4,6-7,9-10,12-17,19H2,1-3,5H3,(H,35,42). The van der Waals surface area contributed by atoms with E-state index in [0.717, 1.165) is 104 Å². The number of carbonyl (C=O) groups is 1. The van der Waals surface area contributed by atoms with Crippen molar-refractivity contribution in [2.45, 2.75) is 59.2 Å². The Hall–Kier alpha value is -3.66. The molecule has 0 radical (unpaired) electrons. The molecule has 7 rings (SSSR count). The van der Waals surface area contributed by atoms with Gasteiger partial charge in [-0.3, -0.25) is 19.8 Å². The second-order valence-corrected chi connectivity index (χ2v) is 12.5. The van der Waals surface area contributed by atoms with E-state index >= 15 is 0 Å². The fourth-order valence-electron chi connectivity index (χ4n) is 7.36. The maximum Gasteiger partial charge on any atom is 0.252 e. The molecule has 2 aromatic heterocycles. The molecule has 9 heteroatoms. The first kappa shape index (κ1) is 28.1. The van der Waals surface area contributed by atoms with Crippen molar-refractivity contribution < 1.29 is 9.63 Å². The summed E-state index contributed by atoms with van der Waals surface area (Å²) < 4.78 is 4.43. The number of hydroxylamine groups is 1. The molecule has 0 bridgehead atoms. The monoisotopic (exact) mass is 581 g/mol. The highest BCUT2D eigenvalue weighted by molar-refractivity contribution is 6.19. The van der Waals surface area contributed by atoms with Crippen LogP contribution in [0.5, 0.6) is 0 Å². The quantitative estimate of drug-likeness (QED) is 0.284. The molecule has 4 aromatic rings. The number of nitrogens with zero attached hydrogens (tertiary/aromatic N) is 5. The van der Waals surface area contributed by atoms with Crippen LogP contribution in [-0.2, 0) is 37.8 Å². The smallest absolute Gasteiger partial charge is 0.252 e. The van der Waals surface area contributed by atoms with E-state index in [-0.39, 0.29) is 12.0 Å². The molecule has 2 N–H and O–H groups in total. The van der Waals surface area contributed by atoms with Crippen LogP contribution < -0.4 is 10.8 Å². The summed E-state index contributed by atoms with van der Waals surface area (Å²) in [6, 6.07) is 6.59. The number of piperazine rings is 1. The summed E-state index contributed by atoms with van der Waals surface area (Å²) in [5.41, 5.74) is 13.7. The van der Waals surface area contributed by atoms with E-state index < -0.39 is 0 Å². The molecule has 43 heavy (non-hydrogen) atoms. The SMILES string of the molecule is C=C(NOC(C)C)c1ccc2c(c1)c1c3c(c4c(c1n2CCCN1CCN(CC)CC1)CCc1nn(C)cc1-4)C(=O)NC3. The topological polar surface area (TPSA) is 79.6 Å². The number of hydrogen-bond acceptors (Lipinski definition) is 6. The van der Waals surface area contributed by atoms with Gasteiger partial charge in [-0.05, 0) is 69.5 Å².